The molecule has 0 atom stereocenters. The second kappa shape index (κ2) is 9.03. The summed E-state index contributed by atoms with van der Waals surface area (Å²) >= 11 is 0. The van der Waals surface area contributed by atoms with Crippen molar-refractivity contribution < 1.29 is 4.74 Å². The van der Waals surface area contributed by atoms with Crippen molar-refractivity contribution in [3.05, 3.63) is 72.9 Å². The Kier molecular flexibility index (Phi) is 6.22. The van der Waals surface area contributed by atoms with Gasteiger partial charge in [-0.1, -0.05) is 74.7 Å². The number of ether oxygens (including phenoxy) is 1. The van der Waals surface area contributed by atoms with Crippen LogP contribution in [0.1, 0.15) is 32.6 Å². The minimum Gasteiger partial charge on any atom is -0.494 e. The van der Waals surface area contributed by atoms with Crippen molar-refractivity contribution in [2.45, 2.75) is 32.6 Å². The molecule has 0 fully saturated rings. The molecule has 2 nitrogen and oxygen atoms in total. The number of nitrogens with zero attached hydrogens (tertiary/aromatic N) is 1. The molecular formula is C23H25NO. The summed E-state index contributed by atoms with van der Waals surface area (Å²) in [5, 5.41) is 0. The lowest BCUT2D eigenvalue weighted by molar-refractivity contribution is 0.305. The van der Waals surface area contributed by atoms with Crippen molar-refractivity contribution in [2.24, 2.45) is 0 Å². The summed E-state index contributed by atoms with van der Waals surface area (Å²) < 4.78 is 5.80. The second-order valence-electron chi connectivity index (χ2n) is 6.23. The largest absolute Gasteiger partial charge is 0.494 e. The fourth-order valence-corrected chi connectivity index (χ4v) is 2.81. The first kappa shape index (κ1) is 17.2. The van der Waals surface area contributed by atoms with Gasteiger partial charge >= 0.3 is 0 Å². The monoisotopic (exact) mass is 331 g/mol. The van der Waals surface area contributed by atoms with Gasteiger partial charge in [0, 0.05) is 17.3 Å². The summed E-state index contributed by atoms with van der Waals surface area (Å²) in [6.07, 6.45) is 6.84. The Morgan fingerprint density at radius 1 is 0.720 bits per heavy atom. The van der Waals surface area contributed by atoms with Gasteiger partial charge in [0.25, 0.3) is 0 Å². The molecule has 0 bridgehead atoms. The Balaban J connectivity index is 1.60. The first-order valence-electron chi connectivity index (χ1n) is 9.11. The van der Waals surface area contributed by atoms with E-state index in [1.54, 1.807) is 0 Å². The summed E-state index contributed by atoms with van der Waals surface area (Å²) in [6.45, 7) is 3.02. The van der Waals surface area contributed by atoms with Crippen LogP contribution in [-0.2, 0) is 0 Å². The zero-order chi connectivity index (χ0) is 17.3. The number of pyridine rings is 1. The van der Waals surface area contributed by atoms with Crippen molar-refractivity contribution in [2.75, 3.05) is 6.61 Å². The molecule has 0 aliphatic rings. The highest BCUT2D eigenvalue weighted by Gasteiger charge is 2.02. The Hall–Kier alpha value is -2.61. The third-order valence-corrected chi connectivity index (χ3v) is 4.29. The molecule has 0 radical (unpaired) electrons. The van der Waals surface area contributed by atoms with Crippen LogP contribution in [0, 0.1) is 0 Å². The fraction of sp³-hybridized carbons (Fsp3) is 0.261. The van der Waals surface area contributed by atoms with E-state index < -0.39 is 0 Å². The molecule has 0 saturated heterocycles. The average Bonchev–Trinajstić information content (AvgIpc) is 2.69. The molecule has 1 heterocycles. The third-order valence-electron chi connectivity index (χ3n) is 4.29. The number of aromatic nitrogens is 1. The van der Waals surface area contributed by atoms with Crippen LogP contribution in [0.3, 0.4) is 0 Å². The maximum Gasteiger partial charge on any atom is 0.119 e. The minimum absolute atomic E-state index is 0.798. The van der Waals surface area contributed by atoms with Crippen LogP contribution >= 0.6 is 0 Å². The van der Waals surface area contributed by atoms with E-state index in [1.165, 1.54) is 19.3 Å². The highest BCUT2D eigenvalue weighted by Crippen LogP contribution is 2.24. The molecule has 0 unspecified atom stereocenters. The molecule has 3 aromatic rings. The van der Waals surface area contributed by atoms with Crippen molar-refractivity contribution >= 4 is 0 Å². The summed E-state index contributed by atoms with van der Waals surface area (Å²) in [5.41, 5.74) is 4.41. The van der Waals surface area contributed by atoms with Gasteiger partial charge in [-0.2, -0.15) is 0 Å². The number of benzene rings is 2. The first-order valence-corrected chi connectivity index (χ1v) is 9.11. The lowest BCUT2D eigenvalue weighted by Crippen LogP contribution is -1.97. The van der Waals surface area contributed by atoms with Crippen LogP contribution < -0.4 is 4.74 Å². The molecule has 128 valence electrons. The molecular weight excluding hydrogens is 306 g/mol. The summed E-state index contributed by atoms with van der Waals surface area (Å²) in [6, 6.07) is 22.7. The highest BCUT2D eigenvalue weighted by molar-refractivity contribution is 5.67. The smallest absolute Gasteiger partial charge is 0.119 e. The van der Waals surface area contributed by atoms with Crippen LogP contribution in [0.2, 0.25) is 0 Å². The van der Waals surface area contributed by atoms with Gasteiger partial charge in [0.1, 0.15) is 5.75 Å². The lowest BCUT2D eigenvalue weighted by atomic mass is 10.1. The maximum absolute atomic E-state index is 5.80. The zero-order valence-electron chi connectivity index (χ0n) is 14.8. The SMILES string of the molecule is CCCCCCOc1ccc(-c2ccc(-c3ccccc3)nc2)cc1. The molecule has 0 aliphatic heterocycles. The molecule has 0 saturated carbocycles. The van der Waals surface area contributed by atoms with Crippen molar-refractivity contribution in [3.8, 4) is 28.1 Å². The number of rotatable bonds is 8. The fourth-order valence-electron chi connectivity index (χ4n) is 2.81. The van der Waals surface area contributed by atoms with E-state index in [2.05, 4.69) is 48.3 Å². The van der Waals surface area contributed by atoms with E-state index in [4.69, 9.17) is 4.74 Å². The zero-order valence-corrected chi connectivity index (χ0v) is 14.8. The van der Waals surface area contributed by atoms with E-state index >= 15 is 0 Å². The molecule has 0 spiro atoms. The van der Waals surface area contributed by atoms with Gasteiger partial charge in [0.05, 0.1) is 12.3 Å². The molecule has 2 heteroatoms. The number of hydrogen-bond acceptors (Lipinski definition) is 2. The van der Waals surface area contributed by atoms with Gasteiger partial charge < -0.3 is 4.74 Å². The Bertz CT molecular complexity index is 748. The van der Waals surface area contributed by atoms with E-state index in [9.17, 15) is 0 Å². The van der Waals surface area contributed by atoms with Gasteiger partial charge in [0.2, 0.25) is 0 Å². The molecule has 0 amide bonds. The van der Waals surface area contributed by atoms with Crippen LogP contribution in [-0.4, -0.2) is 11.6 Å². The number of hydrogen-bond donors (Lipinski definition) is 0. The molecule has 25 heavy (non-hydrogen) atoms. The topological polar surface area (TPSA) is 22.1 Å². The Labute approximate surface area is 150 Å². The van der Waals surface area contributed by atoms with E-state index in [0.717, 1.165) is 41.2 Å². The maximum atomic E-state index is 5.80. The standard InChI is InChI=1S/C23H25NO/c1-2-3-4-8-17-25-22-14-11-19(12-15-22)21-13-16-23(24-18-21)20-9-6-5-7-10-20/h5-7,9-16,18H,2-4,8,17H2,1H3. The van der Waals surface area contributed by atoms with Crippen molar-refractivity contribution in [1.82, 2.24) is 4.98 Å². The quantitative estimate of drug-likeness (QED) is 0.447. The molecule has 1 aromatic heterocycles. The van der Waals surface area contributed by atoms with E-state index in [1.807, 2.05) is 36.5 Å². The average molecular weight is 331 g/mol. The highest BCUT2D eigenvalue weighted by atomic mass is 16.5. The summed E-state index contributed by atoms with van der Waals surface area (Å²) in [4.78, 5) is 4.59. The Morgan fingerprint density at radius 3 is 2.16 bits per heavy atom. The molecule has 0 aliphatic carbocycles. The predicted octanol–water partition coefficient (Wildman–Crippen LogP) is 6.37. The molecule has 0 N–H and O–H groups in total. The predicted molar refractivity (Wildman–Crippen MR) is 105 cm³/mol. The molecule has 3 rings (SSSR count). The van der Waals surface area contributed by atoms with E-state index in [0.29, 0.717) is 0 Å². The first-order chi connectivity index (χ1) is 12.4. The summed E-state index contributed by atoms with van der Waals surface area (Å²) in [5.74, 6) is 0.939. The van der Waals surface area contributed by atoms with Gasteiger partial charge in [-0.15, -0.1) is 0 Å². The minimum atomic E-state index is 0.798. The van der Waals surface area contributed by atoms with Gasteiger partial charge in [-0.3, -0.25) is 4.98 Å². The normalized spacial score (nSPS) is 10.6. The van der Waals surface area contributed by atoms with Crippen molar-refractivity contribution in [3.63, 3.8) is 0 Å². The lowest BCUT2D eigenvalue weighted by Gasteiger charge is -2.08. The van der Waals surface area contributed by atoms with Gasteiger partial charge in [-0.25, -0.2) is 0 Å². The number of unbranched alkanes of at least 4 members (excludes halogenated alkanes) is 3. The van der Waals surface area contributed by atoms with Crippen LogP contribution in [0.4, 0.5) is 0 Å². The van der Waals surface area contributed by atoms with E-state index in [-0.39, 0.29) is 0 Å². The van der Waals surface area contributed by atoms with Gasteiger partial charge in [-0.05, 0) is 30.2 Å². The Morgan fingerprint density at radius 2 is 1.48 bits per heavy atom. The van der Waals surface area contributed by atoms with Gasteiger partial charge in [0.15, 0.2) is 0 Å². The van der Waals surface area contributed by atoms with Crippen molar-refractivity contribution in [1.29, 1.82) is 0 Å². The summed E-state index contributed by atoms with van der Waals surface area (Å²) in [7, 11) is 0. The third kappa shape index (κ3) is 4.93. The second-order valence-corrected chi connectivity index (χ2v) is 6.23. The van der Waals surface area contributed by atoms with Crippen LogP contribution in [0.5, 0.6) is 5.75 Å². The van der Waals surface area contributed by atoms with Crippen LogP contribution in [0.15, 0.2) is 72.9 Å². The van der Waals surface area contributed by atoms with Crippen LogP contribution in [0.25, 0.3) is 22.4 Å². The molecule has 2 aromatic carbocycles.